The molecule has 0 spiro atoms. The lowest BCUT2D eigenvalue weighted by Crippen LogP contribution is -2.29. The number of carbonyl (C=O) groups is 1. The van der Waals surface area contributed by atoms with Crippen LogP contribution in [0.25, 0.3) is 12.2 Å². The van der Waals surface area contributed by atoms with Gasteiger partial charge in [0.1, 0.15) is 0 Å². The van der Waals surface area contributed by atoms with E-state index in [1.54, 1.807) is 6.92 Å². The highest BCUT2D eigenvalue weighted by Crippen LogP contribution is 2.43. The van der Waals surface area contributed by atoms with Gasteiger partial charge in [-0.15, -0.1) is 0 Å². The molecule has 2 aromatic rings. The predicted molar refractivity (Wildman–Crippen MR) is 105 cm³/mol. The van der Waals surface area contributed by atoms with Crippen LogP contribution in [0.1, 0.15) is 54.9 Å². The van der Waals surface area contributed by atoms with Crippen molar-refractivity contribution in [3.8, 4) is 0 Å². The number of carbonyl (C=O) groups excluding carboxylic acids is 1. The van der Waals surface area contributed by atoms with Gasteiger partial charge in [0, 0.05) is 11.9 Å². The van der Waals surface area contributed by atoms with Crippen LogP contribution in [0.2, 0.25) is 5.02 Å². The Kier molecular flexibility index (Phi) is 4.16. The number of hydrogen-bond donors (Lipinski definition) is 0. The van der Waals surface area contributed by atoms with E-state index >= 15 is 0 Å². The molecule has 2 aromatic carbocycles. The standard InChI is InChI=1S/C22H22ClNO/c1-14(16-3-4-16)18-7-5-17-6-8-19-12-21(23)9-10-22(19)24(15(2)25)13-20(17)11-18/h5-12,14,16H,3-4,13H2,1-2H3/b8-6-/t14-/m0/s1. The van der Waals surface area contributed by atoms with Crippen LogP contribution in [0.4, 0.5) is 5.69 Å². The quantitative estimate of drug-likeness (QED) is 0.660. The lowest BCUT2D eigenvalue weighted by molar-refractivity contribution is -0.116. The van der Waals surface area contributed by atoms with E-state index in [1.807, 2.05) is 23.1 Å². The molecular weight excluding hydrogens is 330 g/mol. The predicted octanol–water partition coefficient (Wildman–Crippen LogP) is 5.89. The molecule has 0 aromatic heterocycles. The van der Waals surface area contributed by atoms with Crippen molar-refractivity contribution in [1.82, 2.24) is 0 Å². The summed E-state index contributed by atoms with van der Waals surface area (Å²) in [6.07, 6.45) is 6.87. The number of rotatable bonds is 2. The third-order valence-corrected chi connectivity index (χ3v) is 5.69. The molecule has 0 radical (unpaired) electrons. The van der Waals surface area contributed by atoms with Crippen molar-refractivity contribution < 1.29 is 4.79 Å². The van der Waals surface area contributed by atoms with Gasteiger partial charge < -0.3 is 4.90 Å². The van der Waals surface area contributed by atoms with Crippen LogP contribution in [-0.4, -0.2) is 5.91 Å². The zero-order valence-corrected chi connectivity index (χ0v) is 15.4. The van der Waals surface area contributed by atoms with Crippen LogP contribution in [0, 0.1) is 5.92 Å². The average Bonchev–Trinajstić information content (AvgIpc) is 3.41. The molecule has 0 saturated heterocycles. The smallest absolute Gasteiger partial charge is 0.224 e. The lowest BCUT2D eigenvalue weighted by Gasteiger charge is -2.26. The van der Waals surface area contributed by atoms with E-state index in [1.165, 1.54) is 29.5 Å². The molecule has 0 N–H and O–H groups in total. The first-order valence-electron chi connectivity index (χ1n) is 8.91. The number of amides is 1. The van der Waals surface area contributed by atoms with Gasteiger partial charge in [0.25, 0.3) is 0 Å². The van der Waals surface area contributed by atoms with Crippen molar-refractivity contribution >= 4 is 35.3 Å². The summed E-state index contributed by atoms with van der Waals surface area (Å²) < 4.78 is 0. The largest absolute Gasteiger partial charge is 0.308 e. The van der Waals surface area contributed by atoms with Crippen LogP contribution >= 0.6 is 11.6 Å². The second-order valence-electron chi connectivity index (χ2n) is 7.23. The van der Waals surface area contributed by atoms with Gasteiger partial charge in [-0.2, -0.15) is 0 Å². The summed E-state index contributed by atoms with van der Waals surface area (Å²) in [5.41, 5.74) is 5.65. The van der Waals surface area contributed by atoms with Crippen molar-refractivity contribution in [2.24, 2.45) is 5.92 Å². The van der Waals surface area contributed by atoms with Crippen LogP contribution in [0.3, 0.4) is 0 Å². The zero-order valence-electron chi connectivity index (χ0n) is 14.6. The maximum Gasteiger partial charge on any atom is 0.224 e. The summed E-state index contributed by atoms with van der Waals surface area (Å²) in [7, 11) is 0. The van der Waals surface area contributed by atoms with Crippen molar-refractivity contribution in [1.29, 1.82) is 0 Å². The Morgan fingerprint density at radius 2 is 1.88 bits per heavy atom. The van der Waals surface area contributed by atoms with Crippen LogP contribution in [-0.2, 0) is 11.3 Å². The van der Waals surface area contributed by atoms with Gasteiger partial charge in [-0.25, -0.2) is 0 Å². The molecule has 1 heterocycles. The molecule has 2 nitrogen and oxygen atoms in total. The van der Waals surface area contributed by atoms with E-state index in [2.05, 4.69) is 37.3 Å². The Balaban J connectivity index is 1.80. The van der Waals surface area contributed by atoms with E-state index in [0.29, 0.717) is 17.5 Å². The van der Waals surface area contributed by atoms with Gasteiger partial charge in [-0.1, -0.05) is 48.9 Å². The Morgan fingerprint density at radius 3 is 2.60 bits per heavy atom. The molecule has 1 fully saturated rings. The SMILES string of the molecule is CC(=O)N1Cc2cc([C@@H](C)C3CC3)ccc2/C=C\c2cc(Cl)ccc21. The molecule has 1 aliphatic carbocycles. The molecule has 25 heavy (non-hydrogen) atoms. The van der Waals surface area contributed by atoms with E-state index in [4.69, 9.17) is 11.6 Å². The Labute approximate surface area is 154 Å². The first-order valence-corrected chi connectivity index (χ1v) is 9.29. The van der Waals surface area contributed by atoms with Crippen LogP contribution < -0.4 is 4.90 Å². The molecule has 0 bridgehead atoms. The summed E-state index contributed by atoms with van der Waals surface area (Å²) in [6, 6.07) is 12.4. The summed E-state index contributed by atoms with van der Waals surface area (Å²) in [5, 5.41) is 0.682. The summed E-state index contributed by atoms with van der Waals surface area (Å²) in [6.45, 7) is 4.53. The number of nitrogens with zero attached hydrogens (tertiary/aromatic N) is 1. The minimum Gasteiger partial charge on any atom is -0.308 e. The van der Waals surface area contributed by atoms with Gasteiger partial charge in [0.05, 0.1) is 12.2 Å². The fourth-order valence-electron chi connectivity index (χ4n) is 3.70. The number of benzene rings is 2. The van der Waals surface area contributed by atoms with Crippen molar-refractivity contribution in [3.05, 3.63) is 63.7 Å². The highest BCUT2D eigenvalue weighted by atomic mass is 35.5. The lowest BCUT2D eigenvalue weighted by atomic mass is 9.91. The fourth-order valence-corrected chi connectivity index (χ4v) is 3.88. The van der Waals surface area contributed by atoms with Crippen molar-refractivity contribution in [2.45, 2.75) is 39.2 Å². The van der Waals surface area contributed by atoms with E-state index in [9.17, 15) is 4.79 Å². The Bertz CT molecular complexity index is 866. The van der Waals surface area contributed by atoms with E-state index < -0.39 is 0 Å². The first kappa shape index (κ1) is 16.4. The Morgan fingerprint density at radius 1 is 1.12 bits per heavy atom. The van der Waals surface area contributed by atoms with Crippen LogP contribution in [0.15, 0.2) is 36.4 Å². The van der Waals surface area contributed by atoms with E-state index in [0.717, 1.165) is 17.2 Å². The van der Waals surface area contributed by atoms with E-state index in [-0.39, 0.29) is 5.91 Å². The summed E-state index contributed by atoms with van der Waals surface area (Å²) in [5.74, 6) is 1.47. The number of hydrogen-bond acceptors (Lipinski definition) is 1. The highest BCUT2D eigenvalue weighted by molar-refractivity contribution is 6.30. The normalized spacial score (nSPS) is 18.6. The van der Waals surface area contributed by atoms with Gasteiger partial charge in [-0.3, -0.25) is 4.79 Å². The molecule has 1 amide bonds. The maximum absolute atomic E-state index is 12.3. The average molecular weight is 352 g/mol. The minimum atomic E-state index is 0.0467. The number of anilines is 1. The van der Waals surface area contributed by atoms with Gasteiger partial charge in [0.15, 0.2) is 0 Å². The molecule has 2 aliphatic rings. The Hall–Kier alpha value is -2.06. The molecule has 4 rings (SSSR count). The van der Waals surface area contributed by atoms with Gasteiger partial charge >= 0.3 is 0 Å². The minimum absolute atomic E-state index is 0.0467. The summed E-state index contributed by atoms with van der Waals surface area (Å²) >= 11 is 6.15. The van der Waals surface area contributed by atoms with Gasteiger partial charge in [-0.05, 0) is 65.1 Å². The molecule has 1 atom stereocenters. The second-order valence-corrected chi connectivity index (χ2v) is 7.66. The fraction of sp³-hybridized carbons (Fsp3) is 0.318. The second kappa shape index (κ2) is 6.34. The molecule has 0 unspecified atom stereocenters. The zero-order chi connectivity index (χ0) is 17.6. The number of halogens is 1. The summed E-state index contributed by atoms with van der Waals surface area (Å²) in [4.78, 5) is 14.2. The maximum atomic E-state index is 12.3. The highest BCUT2D eigenvalue weighted by Gasteiger charge is 2.29. The molecule has 128 valence electrons. The van der Waals surface area contributed by atoms with Crippen molar-refractivity contribution in [3.63, 3.8) is 0 Å². The third-order valence-electron chi connectivity index (χ3n) is 5.45. The number of fused-ring (bicyclic) bond motifs is 2. The third kappa shape index (κ3) is 3.23. The molecular formula is C22H22ClNO. The molecule has 3 heteroatoms. The van der Waals surface area contributed by atoms with Crippen molar-refractivity contribution in [2.75, 3.05) is 4.90 Å². The topological polar surface area (TPSA) is 20.3 Å². The molecule has 1 aliphatic heterocycles. The van der Waals surface area contributed by atoms with Gasteiger partial charge in [0.2, 0.25) is 5.91 Å². The monoisotopic (exact) mass is 351 g/mol. The van der Waals surface area contributed by atoms with Crippen LogP contribution in [0.5, 0.6) is 0 Å². The molecule has 1 saturated carbocycles. The first-order chi connectivity index (χ1) is 12.0.